The average molecular weight is 318 g/mol. The SMILES string of the molecule is Nc1ccc(-c2ccc(Cl)c(Cl)c2Cl)c(C(=O)O)n1. The quantitative estimate of drug-likeness (QED) is 0.821. The second-order valence-electron chi connectivity index (χ2n) is 3.66. The van der Waals surface area contributed by atoms with Crippen LogP contribution >= 0.6 is 34.8 Å². The highest BCUT2D eigenvalue weighted by Crippen LogP contribution is 2.38. The van der Waals surface area contributed by atoms with Crippen molar-refractivity contribution in [2.24, 2.45) is 0 Å². The highest BCUT2D eigenvalue weighted by atomic mass is 35.5. The molecule has 19 heavy (non-hydrogen) atoms. The molecule has 0 unspecified atom stereocenters. The molecule has 0 radical (unpaired) electrons. The zero-order valence-electron chi connectivity index (χ0n) is 9.32. The maximum Gasteiger partial charge on any atom is 0.355 e. The van der Waals surface area contributed by atoms with Crippen LogP contribution in [0.15, 0.2) is 24.3 Å². The van der Waals surface area contributed by atoms with Crippen molar-refractivity contribution in [2.45, 2.75) is 0 Å². The maximum absolute atomic E-state index is 11.2. The number of pyridine rings is 1. The number of hydrogen-bond donors (Lipinski definition) is 2. The molecule has 4 nitrogen and oxygen atoms in total. The van der Waals surface area contributed by atoms with Crippen LogP contribution in [-0.4, -0.2) is 16.1 Å². The van der Waals surface area contributed by atoms with Crippen LogP contribution in [0.3, 0.4) is 0 Å². The molecule has 2 aromatic rings. The fourth-order valence-corrected chi connectivity index (χ4v) is 2.23. The average Bonchev–Trinajstić information content (AvgIpc) is 2.37. The number of aromatic carboxylic acids is 1. The number of halogens is 3. The zero-order chi connectivity index (χ0) is 14.2. The van der Waals surface area contributed by atoms with Gasteiger partial charge >= 0.3 is 5.97 Å². The maximum atomic E-state index is 11.2. The molecule has 0 aliphatic heterocycles. The van der Waals surface area contributed by atoms with Crippen LogP contribution in [0.5, 0.6) is 0 Å². The molecule has 0 aliphatic rings. The molecular formula is C12H7Cl3N2O2. The number of benzene rings is 1. The van der Waals surface area contributed by atoms with Crippen molar-refractivity contribution in [1.82, 2.24) is 4.98 Å². The fraction of sp³-hybridized carbons (Fsp3) is 0. The second-order valence-corrected chi connectivity index (χ2v) is 4.82. The van der Waals surface area contributed by atoms with Gasteiger partial charge in [0.05, 0.1) is 15.1 Å². The van der Waals surface area contributed by atoms with Gasteiger partial charge in [-0.05, 0) is 18.2 Å². The Morgan fingerprint density at radius 3 is 2.32 bits per heavy atom. The fourth-order valence-electron chi connectivity index (χ4n) is 1.59. The van der Waals surface area contributed by atoms with Crippen molar-refractivity contribution >= 4 is 46.6 Å². The van der Waals surface area contributed by atoms with Gasteiger partial charge in [0, 0.05) is 11.1 Å². The van der Waals surface area contributed by atoms with E-state index in [2.05, 4.69) is 4.98 Å². The first-order valence-electron chi connectivity index (χ1n) is 5.05. The van der Waals surface area contributed by atoms with Gasteiger partial charge in [0.15, 0.2) is 5.69 Å². The molecule has 0 aliphatic carbocycles. The molecule has 0 saturated heterocycles. The Kier molecular flexibility index (Phi) is 3.85. The van der Waals surface area contributed by atoms with Crippen molar-refractivity contribution in [3.63, 3.8) is 0 Å². The molecular weight excluding hydrogens is 311 g/mol. The third kappa shape index (κ3) is 2.61. The summed E-state index contributed by atoms with van der Waals surface area (Å²) in [6.45, 7) is 0. The number of carboxylic acid groups (broad SMARTS) is 1. The predicted octanol–water partition coefficient (Wildman–Crippen LogP) is 3.99. The van der Waals surface area contributed by atoms with Gasteiger partial charge in [0.2, 0.25) is 0 Å². The molecule has 1 aromatic heterocycles. The minimum atomic E-state index is -1.20. The molecule has 1 aromatic carbocycles. The lowest BCUT2D eigenvalue weighted by Gasteiger charge is -2.10. The monoisotopic (exact) mass is 316 g/mol. The Balaban J connectivity index is 2.72. The Hall–Kier alpha value is -1.49. The summed E-state index contributed by atoms with van der Waals surface area (Å²) >= 11 is 17.9. The molecule has 7 heteroatoms. The van der Waals surface area contributed by atoms with Gasteiger partial charge in [-0.15, -0.1) is 0 Å². The van der Waals surface area contributed by atoms with Gasteiger partial charge in [-0.1, -0.05) is 40.9 Å². The zero-order valence-corrected chi connectivity index (χ0v) is 11.6. The van der Waals surface area contributed by atoms with E-state index in [1.165, 1.54) is 18.2 Å². The first kappa shape index (κ1) is 13.9. The Labute approximate surface area is 123 Å². The first-order valence-corrected chi connectivity index (χ1v) is 6.19. The van der Waals surface area contributed by atoms with Gasteiger partial charge in [0.1, 0.15) is 5.82 Å². The van der Waals surface area contributed by atoms with Crippen molar-refractivity contribution in [3.8, 4) is 11.1 Å². The van der Waals surface area contributed by atoms with Crippen LogP contribution in [0, 0.1) is 0 Å². The number of rotatable bonds is 2. The van der Waals surface area contributed by atoms with Gasteiger partial charge in [-0.25, -0.2) is 9.78 Å². The number of hydrogen-bond acceptors (Lipinski definition) is 3. The Morgan fingerprint density at radius 2 is 1.68 bits per heavy atom. The molecule has 0 atom stereocenters. The summed E-state index contributed by atoms with van der Waals surface area (Å²) in [5.41, 5.74) is 6.04. The smallest absolute Gasteiger partial charge is 0.355 e. The van der Waals surface area contributed by atoms with Crippen molar-refractivity contribution < 1.29 is 9.90 Å². The minimum Gasteiger partial charge on any atom is -0.476 e. The highest BCUT2D eigenvalue weighted by Gasteiger charge is 2.18. The van der Waals surface area contributed by atoms with E-state index in [4.69, 9.17) is 45.6 Å². The van der Waals surface area contributed by atoms with Crippen LogP contribution in [0.1, 0.15) is 10.5 Å². The predicted molar refractivity (Wildman–Crippen MR) is 76.1 cm³/mol. The number of anilines is 1. The minimum absolute atomic E-state index is 0.109. The van der Waals surface area contributed by atoms with E-state index in [0.717, 1.165) is 0 Å². The highest BCUT2D eigenvalue weighted by molar-refractivity contribution is 6.49. The molecule has 0 fully saturated rings. The summed E-state index contributed by atoms with van der Waals surface area (Å²) in [5.74, 6) is -1.10. The van der Waals surface area contributed by atoms with E-state index in [1.54, 1.807) is 6.07 Å². The molecule has 0 amide bonds. The van der Waals surface area contributed by atoms with Crippen LogP contribution in [0.4, 0.5) is 5.82 Å². The third-order valence-corrected chi connectivity index (χ3v) is 3.74. The summed E-state index contributed by atoms with van der Waals surface area (Å²) in [6, 6.07) is 6.13. The lowest BCUT2D eigenvalue weighted by atomic mass is 10.0. The van der Waals surface area contributed by atoms with Crippen molar-refractivity contribution in [1.29, 1.82) is 0 Å². The molecule has 0 spiro atoms. The summed E-state index contributed by atoms with van der Waals surface area (Å²) in [5, 5.41) is 9.76. The first-order chi connectivity index (χ1) is 8.91. The Morgan fingerprint density at radius 1 is 1.05 bits per heavy atom. The second kappa shape index (κ2) is 5.25. The third-order valence-electron chi connectivity index (χ3n) is 2.44. The largest absolute Gasteiger partial charge is 0.476 e. The van der Waals surface area contributed by atoms with E-state index in [-0.39, 0.29) is 26.6 Å². The van der Waals surface area contributed by atoms with Crippen molar-refractivity contribution in [2.75, 3.05) is 5.73 Å². The number of nitrogen functional groups attached to an aromatic ring is 1. The van der Waals surface area contributed by atoms with Crippen LogP contribution < -0.4 is 5.73 Å². The molecule has 0 saturated carbocycles. The van der Waals surface area contributed by atoms with Crippen LogP contribution in [-0.2, 0) is 0 Å². The lowest BCUT2D eigenvalue weighted by Crippen LogP contribution is -2.05. The van der Waals surface area contributed by atoms with E-state index < -0.39 is 5.97 Å². The summed E-state index contributed by atoms with van der Waals surface area (Å²) in [4.78, 5) is 15.0. The topological polar surface area (TPSA) is 76.2 Å². The molecule has 2 rings (SSSR count). The van der Waals surface area contributed by atoms with E-state index >= 15 is 0 Å². The summed E-state index contributed by atoms with van der Waals surface area (Å²) in [7, 11) is 0. The van der Waals surface area contributed by atoms with Crippen LogP contribution in [0.25, 0.3) is 11.1 Å². The van der Waals surface area contributed by atoms with Gasteiger partial charge in [0.25, 0.3) is 0 Å². The van der Waals surface area contributed by atoms with Gasteiger partial charge < -0.3 is 10.8 Å². The molecule has 98 valence electrons. The number of carbonyl (C=O) groups is 1. The van der Waals surface area contributed by atoms with Gasteiger partial charge in [-0.2, -0.15) is 0 Å². The standard InChI is InChI=1S/C12H7Cl3N2O2/c13-7-3-1-5(9(14)10(7)15)6-2-4-8(16)17-11(6)12(18)19/h1-4H,(H2,16,17)(H,18,19). The van der Waals surface area contributed by atoms with Crippen LogP contribution in [0.2, 0.25) is 15.1 Å². The molecule has 1 heterocycles. The Bertz CT molecular complexity index is 674. The number of aromatic nitrogens is 1. The van der Waals surface area contributed by atoms with Crippen molar-refractivity contribution in [3.05, 3.63) is 45.0 Å². The normalized spacial score (nSPS) is 10.5. The van der Waals surface area contributed by atoms with E-state index in [0.29, 0.717) is 11.1 Å². The van der Waals surface area contributed by atoms with E-state index in [9.17, 15) is 4.79 Å². The molecule has 0 bridgehead atoms. The summed E-state index contributed by atoms with van der Waals surface area (Å²) < 4.78 is 0. The number of nitrogens with zero attached hydrogens (tertiary/aromatic N) is 1. The molecule has 3 N–H and O–H groups in total. The van der Waals surface area contributed by atoms with Gasteiger partial charge in [-0.3, -0.25) is 0 Å². The lowest BCUT2D eigenvalue weighted by molar-refractivity contribution is 0.0691. The van der Waals surface area contributed by atoms with E-state index in [1.807, 2.05) is 0 Å². The summed E-state index contributed by atoms with van der Waals surface area (Å²) in [6.07, 6.45) is 0. The number of nitrogens with two attached hydrogens (primary N) is 1. The number of carboxylic acids is 1.